The lowest BCUT2D eigenvalue weighted by Gasteiger charge is -1.99. The van der Waals surface area contributed by atoms with Gasteiger partial charge in [0.1, 0.15) is 4.88 Å². The highest BCUT2D eigenvalue weighted by atomic mass is 32.1. The first-order valence-corrected chi connectivity index (χ1v) is 9.13. The first-order chi connectivity index (χ1) is 13.0. The average molecular weight is 387 g/mol. The molecule has 2 aromatic heterocycles. The van der Waals surface area contributed by atoms with Crippen molar-refractivity contribution in [2.75, 3.05) is 0 Å². The number of carbonyl (C=O) groups excluding carboxylic acids is 1. The molecule has 0 N–H and O–H groups in total. The summed E-state index contributed by atoms with van der Waals surface area (Å²) in [5, 5.41) is 18.4. The molecule has 2 heterocycles. The smallest absolute Gasteiger partial charge is 0.348 e. The fourth-order valence-corrected chi connectivity index (χ4v) is 3.46. The monoisotopic (exact) mass is 387 g/mol. The second-order valence-electron chi connectivity index (χ2n) is 5.82. The maximum atomic E-state index is 12.2. The number of esters is 1. The van der Waals surface area contributed by atoms with Gasteiger partial charge in [-0.25, -0.2) is 4.79 Å². The highest BCUT2D eigenvalue weighted by Gasteiger charge is 2.16. The summed E-state index contributed by atoms with van der Waals surface area (Å²) in [5.41, 5.74) is 1.68. The number of benzene rings is 1. The van der Waals surface area contributed by atoms with Gasteiger partial charge in [0.2, 0.25) is 5.89 Å². The minimum Gasteiger partial charge on any atom is -0.451 e. The fraction of sp³-hybridized carbons (Fsp3) is 0.278. The Bertz CT molecular complexity index is 962. The molecule has 0 unspecified atom stereocenters. The number of nitro benzene ring substituents is 1. The number of rotatable bonds is 7. The first-order valence-electron chi connectivity index (χ1n) is 8.31. The third-order valence-corrected chi connectivity index (χ3v) is 4.93. The lowest BCUT2D eigenvalue weighted by Crippen LogP contribution is -2.03. The Labute approximate surface area is 159 Å². The minimum atomic E-state index is -0.485. The van der Waals surface area contributed by atoms with Gasteiger partial charge >= 0.3 is 5.97 Å². The summed E-state index contributed by atoms with van der Waals surface area (Å²) in [6.45, 7) is 3.94. The minimum absolute atomic E-state index is 0.0268. The molecule has 0 aliphatic rings. The summed E-state index contributed by atoms with van der Waals surface area (Å²) in [5.74, 6) is -0.0764. The largest absolute Gasteiger partial charge is 0.451 e. The van der Waals surface area contributed by atoms with E-state index in [9.17, 15) is 14.9 Å². The van der Waals surface area contributed by atoms with Gasteiger partial charge < -0.3 is 9.15 Å². The molecule has 0 fully saturated rings. The number of nitrogens with zero attached hydrogens (tertiary/aromatic N) is 3. The molecule has 3 aromatic rings. The molecule has 27 heavy (non-hydrogen) atoms. The third-order valence-electron chi connectivity index (χ3n) is 3.86. The number of carbonyl (C=O) groups is 1. The molecule has 140 valence electrons. The zero-order valence-electron chi connectivity index (χ0n) is 14.8. The molecule has 8 nitrogen and oxygen atoms in total. The number of nitro groups is 1. The highest BCUT2D eigenvalue weighted by Crippen LogP contribution is 2.24. The Kier molecular flexibility index (Phi) is 5.60. The standard InChI is InChI=1S/C18H17N3O5S/c1-3-4-13-9-15(27-11(13)2)18(22)25-10-16-19-20-17(26-16)12-5-7-14(8-6-12)21(23)24/h5-9H,3-4,10H2,1-2H3. The van der Waals surface area contributed by atoms with E-state index < -0.39 is 10.9 Å². The maximum absolute atomic E-state index is 12.2. The van der Waals surface area contributed by atoms with Crippen LogP contribution in [0.25, 0.3) is 11.5 Å². The third kappa shape index (κ3) is 4.37. The summed E-state index contributed by atoms with van der Waals surface area (Å²) in [7, 11) is 0. The van der Waals surface area contributed by atoms with E-state index in [1.54, 1.807) is 0 Å². The molecule has 0 spiro atoms. The zero-order valence-corrected chi connectivity index (χ0v) is 15.6. The van der Waals surface area contributed by atoms with Crippen LogP contribution in [0, 0.1) is 17.0 Å². The molecule has 0 amide bonds. The van der Waals surface area contributed by atoms with Gasteiger partial charge in [-0.15, -0.1) is 21.5 Å². The summed E-state index contributed by atoms with van der Waals surface area (Å²) in [6.07, 6.45) is 1.94. The number of non-ortho nitro benzene ring substituents is 1. The molecular formula is C18H17N3O5S. The van der Waals surface area contributed by atoms with Crippen molar-refractivity contribution in [3.8, 4) is 11.5 Å². The van der Waals surface area contributed by atoms with Gasteiger partial charge in [0.25, 0.3) is 11.6 Å². The van der Waals surface area contributed by atoms with Crippen molar-refractivity contribution in [1.82, 2.24) is 10.2 Å². The topological polar surface area (TPSA) is 108 Å². The quantitative estimate of drug-likeness (QED) is 0.337. The molecule has 0 saturated heterocycles. The second-order valence-corrected chi connectivity index (χ2v) is 7.08. The van der Waals surface area contributed by atoms with E-state index in [2.05, 4.69) is 17.1 Å². The van der Waals surface area contributed by atoms with Gasteiger partial charge in [-0.3, -0.25) is 10.1 Å². The van der Waals surface area contributed by atoms with Gasteiger partial charge in [0.05, 0.1) is 4.92 Å². The SMILES string of the molecule is CCCc1cc(C(=O)OCc2nnc(-c3ccc([N+](=O)[O-])cc3)o2)sc1C. The van der Waals surface area contributed by atoms with Gasteiger partial charge in [-0.1, -0.05) is 13.3 Å². The second kappa shape index (κ2) is 8.09. The van der Waals surface area contributed by atoms with Gasteiger partial charge in [0, 0.05) is 22.6 Å². The van der Waals surface area contributed by atoms with Crippen molar-refractivity contribution in [1.29, 1.82) is 0 Å². The molecule has 0 atom stereocenters. The van der Waals surface area contributed by atoms with Crippen molar-refractivity contribution in [3.63, 3.8) is 0 Å². The molecule has 9 heteroatoms. The van der Waals surface area contributed by atoms with Crippen LogP contribution in [0.5, 0.6) is 0 Å². The van der Waals surface area contributed by atoms with E-state index in [4.69, 9.17) is 9.15 Å². The summed E-state index contributed by atoms with van der Waals surface area (Å²) >= 11 is 1.41. The maximum Gasteiger partial charge on any atom is 0.348 e. The fourth-order valence-electron chi connectivity index (χ4n) is 2.49. The molecule has 0 aliphatic heterocycles. The predicted molar refractivity (Wildman–Crippen MR) is 98.6 cm³/mol. The Hall–Kier alpha value is -3.07. The van der Waals surface area contributed by atoms with Crippen molar-refractivity contribution in [2.45, 2.75) is 33.3 Å². The Balaban J connectivity index is 1.63. The van der Waals surface area contributed by atoms with Gasteiger partial charge in [-0.05, 0) is 37.1 Å². The van der Waals surface area contributed by atoms with Gasteiger partial charge in [0.15, 0.2) is 6.61 Å². The van der Waals surface area contributed by atoms with E-state index in [1.807, 2.05) is 13.0 Å². The Morgan fingerprint density at radius 1 is 1.30 bits per heavy atom. The number of hydrogen-bond acceptors (Lipinski definition) is 8. The highest BCUT2D eigenvalue weighted by molar-refractivity contribution is 7.14. The Morgan fingerprint density at radius 3 is 2.70 bits per heavy atom. The van der Waals surface area contributed by atoms with Crippen LogP contribution in [0.2, 0.25) is 0 Å². The summed E-state index contributed by atoms with van der Waals surface area (Å²) < 4.78 is 10.7. The van der Waals surface area contributed by atoms with Gasteiger partial charge in [-0.2, -0.15) is 0 Å². The average Bonchev–Trinajstić information content (AvgIpc) is 3.27. The number of thiophene rings is 1. The number of ether oxygens (including phenoxy) is 1. The van der Waals surface area contributed by atoms with Crippen LogP contribution in [0.15, 0.2) is 34.7 Å². The van der Waals surface area contributed by atoms with Crippen molar-refractivity contribution >= 4 is 23.0 Å². The van der Waals surface area contributed by atoms with Crippen LogP contribution in [0.4, 0.5) is 5.69 Å². The van der Waals surface area contributed by atoms with E-state index in [1.165, 1.54) is 35.6 Å². The summed E-state index contributed by atoms with van der Waals surface area (Å²) in [4.78, 5) is 24.1. The molecule has 1 aromatic carbocycles. The molecule has 3 rings (SSSR count). The van der Waals surface area contributed by atoms with Crippen LogP contribution in [-0.2, 0) is 17.8 Å². The zero-order chi connectivity index (χ0) is 19.4. The van der Waals surface area contributed by atoms with Crippen LogP contribution in [0.3, 0.4) is 0 Å². The van der Waals surface area contributed by atoms with Crippen molar-refractivity contribution in [3.05, 3.63) is 61.7 Å². The predicted octanol–water partition coefficient (Wildman–Crippen LogP) is 4.32. The normalized spacial score (nSPS) is 10.7. The van der Waals surface area contributed by atoms with Crippen LogP contribution < -0.4 is 0 Å². The molecule has 0 bridgehead atoms. The molecule has 0 aliphatic carbocycles. The first kappa shape index (κ1) is 18.7. The van der Waals surface area contributed by atoms with Crippen molar-refractivity contribution < 1.29 is 18.9 Å². The number of hydrogen-bond donors (Lipinski definition) is 0. The van der Waals surface area contributed by atoms with Crippen LogP contribution in [0.1, 0.15) is 39.3 Å². The number of aryl methyl sites for hydroxylation is 2. The van der Waals surface area contributed by atoms with Crippen molar-refractivity contribution in [2.24, 2.45) is 0 Å². The lowest BCUT2D eigenvalue weighted by atomic mass is 10.1. The van der Waals surface area contributed by atoms with E-state index in [-0.39, 0.29) is 24.1 Å². The van der Waals surface area contributed by atoms with Crippen LogP contribution >= 0.6 is 11.3 Å². The lowest BCUT2D eigenvalue weighted by molar-refractivity contribution is -0.384. The number of aromatic nitrogens is 2. The van der Waals surface area contributed by atoms with E-state index >= 15 is 0 Å². The molecule has 0 radical (unpaired) electrons. The van der Waals surface area contributed by atoms with E-state index in [0.29, 0.717) is 10.4 Å². The van der Waals surface area contributed by atoms with E-state index in [0.717, 1.165) is 23.3 Å². The Morgan fingerprint density at radius 2 is 2.04 bits per heavy atom. The molecular weight excluding hydrogens is 370 g/mol. The van der Waals surface area contributed by atoms with Crippen LogP contribution in [-0.4, -0.2) is 21.1 Å². The molecule has 0 saturated carbocycles. The summed E-state index contributed by atoms with van der Waals surface area (Å²) in [6, 6.07) is 7.61.